The number of anilines is 1. The van der Waals surface area contributed by atoms with Gasteiger partial charge in [-0.1, -0.05) is 30.3 Å². The minimum Gasteiger partial charge on any atom is -0.493 e. The highest BCUT2D eigenvalue weighted by Crippen LogP contribution is 2.37. The van der Waals surface area contributed by atoms with Gasteiger partial charge in [-0.05, 0) is 57.9 Å². The summed E-state index contributed by atoms with van der Waals surface area (Å²) in [5.41, 5.74) is 1.90. The van der Waals surface area contributed by atoms with Gasteiger partial charge in [-0.2, -0.15) is 0 Å². The van der Waals surface area contributed by atoms with Gasteiger partial charge in [0.15, 0.2) is 11.5 Å². The smallest absolute Gasteiger partial charge is 0.255 e. The van der Waals surface area contributed by atoms with Crippen molar-refractivity contribution in [1.29, 1.82) is 0 Å². The van der Waals surface area contributed by atoms with Gasteiger partial charge in [0.05, 0.1) is 11.6 Å². The Hall–Kier alpha value is -2.86. The maximum absolute atomic E-state index is 13.0. The predicted molar refractivity (Wildman–Crippen MR) is 106 cm³/mol. The molecule has 3 rings (SSSR count). The first kappa shape index (κ1) is 18.9. The zero-order valence-electron chi connectivity index (χ0n) is 14.5. The van der Waals surface area contributed by atoms with E-state index in [-0.39, 0.29) is 11.7 Å². The quantitative estimate of drug-likeness (QED) is 0.568. The zero-order chi connectivity index (χ0) is 19.2. The van der Waals surface area contributed by atoms with Gasteiger partial charge in [-0.3, -0.25) is 4.79 Å². The van der Waals surface area contributed by atoms with E-state index in [9.17, 15) is 9.18 Å². The normalized spacial score (nSPS) is 10.3. The SMILES string of the molecule is COc1cc(C(=O)Nc2ccc(F)cc2)cc(Br)c1OCc1ccccc1. The lowest BCUT2D eigenvalue weighted by molar-refractivity contribution is 0.102. The summed E-state index contributed by atoms with van der Waals surface area (Å²) < 4.78 is 24.8. The summed E-state index contributed by atoms with van der Waals surface area (Å²) in [5.74, 6) is 0.247. The predicted octanol–water partition coefficient (Wildman–Crippen LogP) is 5.43. The van der Waals surface area contributed by atoms with E-state index in [1.165, 1.54) is 31.4 Å². The number of hydrogen-bond acceptors (Lipinski definition) is 3. The fourth-order valence-electron chi connectivity index (χ4n) is 2.46. The molecule has 4 nitrogen and oxygen atoms in total. The van der Waals surface area contributed by atoms with E-state index in [1.807, 2.05) is 30.3 Å². The third-order valence-electron chi connectivity index (χ3n) is 3.82. The summed E-state index contributed by atoms with van der Waals surface area (Å²) in [7, 11) is 1.51. The van der Waals surface area contributed by atoms with Crippen LogP contribution >= 0.6 is 15.9 Å². The number of amides is 1. The molecule has 0 unspecified atom stereocenters. The average molecular weight is 430 g/mol. The number of ether oxygens (including phenoxy) is 2. The maximum Gasteiger partial charge on any atom is 0.255 e. The molecule has 0 aromatic heterocycles. The Morgan fingerprint density at radius 1 is 1.07 bits per heavy atom. The van der Waals surface area contributed by atoms with Crippen molar-refractivity contribution in [2.45, 2.75) is 6.61 Å². The molecule has 0 heterocycles. The fourth-order valence-corrected chi connectivity index (χ4v) is 3.01. The molecule has 27 heavy (non-hydrogen) atoms. The van der Waals surface area contributed by atoms with E-state index < -0.39 is 0 Å². The number of hydrogen-bond donors (Lipinski definition) is 1. The molecule has 0 aliphatic rings. The second-order valence-electron chi connectivity index (χ2n) is 5.72. The maximum atomic E-state index is 13.0. The van der Waals surface area contributed by atoms with Crippen molar-refractivity contribution in [3.05, 3.63) is 88.1 Å². The van der Waals surface area contributed by atoms with Gasteiger partial charge in [0.1, 0.15) is 12.4 Å². The summed E-state index contributed by atoms with van der Waals surface area (Å²) in [4.78, 5) is 12.5. The van der Waals surface area contributed by atoms with Crippen molar-refractivity contribution >= 4 is 27.5 Å². The molecule has 1 N–H and O–H groups in total. The molecule has 0 saturated heterocycles. The second kappa shape index (κ2) is 8.68. The Morgan fingerprint density at radius 2 is 1.78 bits per heavy atom. The minimum absolute atomic E-state index is 0.338. The average Bonchev–Trinajstić information content (AvgIpc) is 2.69. The zero-order valence-corrected chi connectivity index (χ0v) is 16.1. The number of methoxy groups -OCH3 is 1. The Morgan fingerprint density at radius 3 is 2.44 bits per heavy atom. The molecule has 0 radical (unpaired) electrons. The molecule has 0 aliphatic carbocycles. The van der Waals surface area contributed by atoms with Crippen molar-refractivity contribution in [3.8, 4) is 11.5 Å². The van der Waals surface area contributed by atoms with Gasteiger partial charge < -0.3 is 14.8 Å². The van der Waals surface area contributed by atoms with Crippen LogP contribution in [0, 0.1) is 5.82 Å². The third-order valence-corrected chi connectivity index (χ3v) is 4.41. The van der Waals surface area contributed by atoms with Crippen LogP contribution in [0.3, 0.4) is 0 Å². The van der Waals surface area contributed by atoms with Gasteiger partial charge in [0.25, 0.3) is 5.91 Å². The number of carbonyl (C=O) groups excluding carboxylic acids is 1. The Balaban J connectivity index is 1.78. The van der Waals surface area contributed by atoms with E-state index in [0.717, 1.165) is 5.56 Å². The summed E-state index contributed by atoms with van der Waals surface area (Å²) in [6.07, 6.45) is 0. The van der Waals surface area contributed by atoms with Crippen LogP contribution < -0.4 is 14.8 Å². The second-order valence-corrected chi connectivity index (χ2v) is 6.58. The van der Waals surface area contributed by atoms with Crippen molar-refractivity contribution in [2.24, 2.45) is 0 Å². The van der Waals surface area contributed by atoms with Crippen molar-refractivity contribution in [2.75, 3.05) is 12.4 Å². The van der Waals surface area contributed by atoms with Crippen molar-refractivity contribution < 1.29 is 18.7 Å². The monoisotopic (exact) mass is 429 g/mol. The summed E-state index contributed by atoms with van der Waals surface area (Å²) in [5, 5.41) is 2.72. The number of halogens is 2. The van der Waals surface area contributed by atoms with Crippen molar-refractivity contribution in [1.82, 2.24) is 0 Å². The fraction of sp³-hybridized carbons (Fsp3) is 0.0952. The van der Waals surface area contributed by atoms with Gasteiger partial charge in [0.2, 0.25) is 0 Å². The van der Waals surface area contributed by atoms with Crippen molar-refractivity contribution in [3.63, 3.8) is 0 Å². The largest absolute Gasteiger partial charge is 0.493 e. The highest BCUT2D eigenvalue weighted by molar-refractivity contribution is 9.10. The van der Waals surface area contributed by atoms with Crippen LogP contribution in [0.4, 0.5) is 10.1 Å². The molecular weight excluding hydrogens is 413 g/mol. The van der Waals surface area contributed by atoms with Crippen LogP contribution in [0.1, 0.15) is 15.9 Å². The molecule has 6 heteroatoms. The molecule has 0 aliphatic heterocycles. The number of benzene rings is 3. The highest BCUT2D eigenvalue weighted by Gasteiger charge is 2.16. The molecule has 0 fully saturated rings. The van der Waals surface area contributed by atoms with E-state index in [1.54, 1.807) is 12.1 Å². The Labute approximate surface area is 165 Å². The molecule has 0 saturated carbocycles. The lowest BCUT2D eigenvalue weighted by atomic mass is 10.1. The Kier molecular flexibility index (Phi) is 6.08. The summed E-state index contributed by atoms with van der Waals surface area (Å²) >= 11 is 3.44. The number of carbonyl (C=O) groups is 1. The van der Waals surface area contributed by atoms with Gasteiger partial charge in [-0.15, -0.1) is 0 Å². The Bertz CT molecular complexity index is 930. The van der Waals surface area contributed by atoms with Crippen LogP contribution in [0.15, 0.2) is 71.2 Å². The first-order valence-corrected chi connectivity index (χ1v) is 8.97. The third kappa shape index (κ3) is 4.86. The minimum atomic E-state index is -0.364. The number of nitrogens with one attached hydrogen (secondary N) is 1. The van der Waals surface area contributed by atoms with Gasteiger partial charge in [-0.25, -0.2) is 4.39 Å². The lowest BCUT2D eigenvalue weighted by Gasteiger charge is -2.14. The lowest BCUT2D eigenvalue weighted by Crippen LogP contribution is -2.12. The molecule has 1 amide bonds. The molecule has 138 valence electrons. The first-order chi connectivity index (χ1) is 13.1. The number of rotatable bonds is 6. The highest BCUT2D eigenvalue weighted by atomic mass is 79.9. The molecule has 3 aromatic rings. The molecule has 0 atom stereocenters. The van der Waals surface area contributed by atoms with Crippen LogP contribution in [-0.4, -0.2) is 13.0 Å². The van der Waals surface area contributed by atoms with E-state index >= 15 is 0 Å². The van der Waals surface area contributed by atoms with Crippen LogP contribution in [0.25, 0.3) is 0 Å². The van der Waals surface area contributed by atoms with Gasteiger partial charge >= 0.3 is 0 Å². The van der Waals surface area contributed by atoms with Crippen LogP contribution in [-0.2, 0) is 6.61 Å². The standard InChI is InChI=1S/C21H17BrFNO3/c1-26-19-12-15(21(25)24-17-9-7-16(23)8-10-17)11-18(22)20(19)27-13-14-5-3-2-4-6-14/h2-12H,13H2,1H3,(H,24,25). The molecule has 0 bridgehead atoms. The molecule has 0 spiro atoms. The molecular formula is C21H17BrFNO3. The topological polar surface area (TPSA) is 47.6 Å². The van der Waals surface area contributed by atoms with E-state index in [0.29, 0.717) is 33.8 Å². The van der Waals surface area contributed by atoms with Crippen LogP contribution in [0.5, 0.6) is 11.5 Å². The van der Waals surface area contributed by atoms with Crippen LogP contribution in [0.2, 0.25) is 0 Å². The summed E-state index contributed by atoms with van der Waals surface area (Å²) in [6, 6.07) is 18.6. The van der Waals surface area contributed by atoms with Gasteiger partial charge in [0, 0.05) is 11.3 Å². The molecule has 3 aromatic carbocycles. The summed E-state index contributed by atoms with van der Waals surface area (Å²) in [6.45, 7) is 0.372. The van der Waals surface area contributed by atoms with E-state index in [2.05, 4.69) is 21.2 Å². The van der Waals surface area contributed by atoms with E-state index in [4.69, 9.17) is 9.47 Å². The first-order valence-electron chi connectivity index (χ1n) is 8.18.